The van der Waals surface area contributed by atoms with Gasteiger partial charge in [-0.3, -0.25) is 4.79 Å². The number of thioether (sulfide) groups is 1. The zero-order valence-corrected chi connectivity index (χ0v) is 14.1. The molecule has 1 aromatic carbocycles. The highest BCUT2D eigenvalue weighted by atomic mass is 32.2. The third-order valence-electron chi connectivity index (χ3n) is 2.82. The van der Waals surface area contributed by atoms with Crippen LogP contribution < -0.4 is 10.6 Å². The lowest BCUT2D eigenvalue weighted by molar-refractivity contribution is -0.118. The van der Waals surface area contributed by atoms with Gasteiger partial charge in [-0.15, -0.1) is 10.2 Å². The van der Waals surface area contributed by atoms with Gasteiger partial charge in [0.25, 0.3) is 0 Å². The van der Waals surface area contributed by atoms with Gasteiger partial charge in [0.15, 0.2) is 4.34 Å². The summed E-state index contributed by atoms with van der Waals surface area (Å²) < 4.78 is 0.752. The Morgan fingerprint density at radius 2 is 2.09 bits per heavy atom. The summed E-state index contributed by atoms with van der Waals surface area (Å²) in [5.74, 6) is 0.184. The van der Waals surface area contributed by atoms with E-state index in [9.17, 15) is 4.79 Å². The lowest BCUT2D eigenvalue weighted by Gasteiger charge is -2.01. The van der Waals surface area contributed by atoms with Crippen LogP contribution in [0.1, 0.15) is 12.0 Å². The maximum atomic E-state index is 11.5. The number of amides is 1. The average Bonchev–Trinajstić information content (AvgIpc) is 3.02. The van der Waals surface area contributed by atoms with Gasteiger partial charge in [-0.25, -0.2) is 0 Å². The molecular weight excluding hydrogens is 330 g/mol. The summed E-state index contributed by atoms with van der Waals surface area (Å²) in [6, 6.07) is 12.2. The minimum Gasteiger partial charge on any atom is -0.360 e. The Morgan fingerprint density at radius 3 is 2.87 bits per heavy atom. The number of nitrogens with zero attached hydrogens (tertiary/aromatic N) is 3. The second-order valence-electron chi connectivity index (χ2n) is 4.58. The number of rotatable bonds is 9. The topological polar surface area (TPSA) is 90.7 Å². The first-order chi connectivity index (χ1) is 11.3. The molecule has 0 aliphatic heterocycles. The van der Waals surface area contributed by atoms with E-state index in [1.54, 1.807) is 0 Å². The molecule has 23 heavy (non-hydrogen) atoms. The zero-order valence-electron chi connectivity index (χ0n) is 12.5. The fourth-order valence-electron chi connectivity index (χ4n) is 1.73. The van der Waals surface area contributed by atoms with Crippen LogP contribution in [0.4, 0.5) is 5.13 Å². The third-order valence-corrected chi connectivity index (χ3v) is 4.84. The number of aromatic nitrogens is 2. The molecule has 0 aliphatic carbocycles. The largest absolute Gasteiger partial charge is 0.360 e. The van der Waals surface area contributed by atoms with Crippen molar-refractivity contribution >= 4 is 34.1 Å². The van der Waals surface area contributed by atoms with Gasteiger partial charge in [0.1, 0.15) is 0 Å². The highest BCUT2D eigenvalue weighted by Crippen LogP contribution is 2.25. The van der Waals surface area contributed by atoms with Crippen molar-refractivity contribution < 1.29 is 4.79 Å². The molecule has 8 heteroatoms. The molecule has 2 rings (SSSR count). The number of nitriles is 1. The van der Waals surface area contributed by atoms with Gasteiger partial charge >= 0.3 is 0 Å². The number of nitrogens with one attached hydrogen (secondary N) is 2. The second kappa shape index (κ2) is 9.82. The van der Waals surface area contributed by atoms with E-state index in [2.05, 4.69) is 33.0 Å². The van der Waals surface area contributed by atoms with Crippen LogP contribution in [0.5, 0.6) is 0 Å². The van der Waals surface area contributed by atoms with Crippen molar-refractivity contribution in [2.75, 3.05) is 24.2 Å². The van der Waals surface area contributed by atoms with E-state index in [-0.39, 0.29) is 11.7 Å². The molecule has 120 valence electrons. The summed E-state index contributed by atoms with van der Waals surface area (Å²) in [4.78, 5) is 11.5. The Morgan fingerprint density at radius 1 is 1.26 bits per heavy atom. The SMILES string of the molecule is N#CCCNC(=O)CSc1nnc(NCCc2ccccc2)s1. The van der Waals surface area contributed by atoms with E-state index in [1.165, 1.54) is 28.7 Å². The summed E-state index contributed by atoms with van der Waals surface area (Å²) in [5, 5.41) is 23.2. The van der Waals surface area contributed by atoms with E-state index in [4.69, 9.17) is 5.26 Å². The van der Waals surface area contributed by atoms with Crippen LogP contribution in [0.25, 0.3) is 0 Å². The standard InChI is InChI=1S/C15H17N5OS2/c16-8-4-9-17-13(21)11-22-15-20-19-14(23-15)18-10-7-12-5-2-1-3-6-12/h1-3,5-6H,4,7,9-11H2,(H,17,21)(H,18,19). The van der Waals surface area contributed by atoms with Crippen LogP contribution in [-0.2, 0) is 11.2 Å². The lowest BCUT2D eigenvalue weighted by Crippen LogP contribution is -2.25. The first-order valence-corrected chi connectivity index (χ1v) is 8.96. The van der Waals surface area contributed by atoms with Gasteiger partial charge in [-0.05, 0) is 12.0 Å². The van der Waals surface area contributed by atoms with E-state index < -0.39 is 0 Å². The number of carbonyl (C=O) groups excluding carboxylic acids is 1. The van der Waals surface area contributed by atoms with Gasteiger partial charge in [-0.2, -0.15) is 5.26 Å². The molecule has 0 atom stereocenters. The van der Waals surface area contributed by atoms with Gasteiger partial charge in [-0.1, -0.05) is 53.4 Å². The molecule has 6 nitrogen and oxygen atoms in total. The van der Waals surface area contributed by atoms with Crippen LogP contribution in [-0.4, -0.2) is 34.9 Å². The molecule has 2 aromatic rings. The molecule has 0 saturated carbocycles. The molecule has 1 heterocycles. The molecule has 0 saturated heterocycles. The third kappa shape index (κ3) is 6.67. The van der Waals surface area contributed by atoms with Crippen LogP contribution in [0, 0.1) is 11.3 Å². The zero-order chi connectivity index (χ0) is 16.3. The molecule has 0 unspecified atom stereocenters. The summed E-state index contributed by atoms with van der Waals surface area (Å²) in [6.45, 7) is 1.18. The molecule has 0 aliphatic rings. The van der Waals surface area contributed by atoms with Crippen molar-refractivity contribution in [3.63, 3.8) is 0 Å². The van der Waals surface area contributed by atoms with Gasteiger partial charge in [0, 0.05) is 13.1 Å². The highest BCUT2D eigenvalue weighted by molar-refractivity contribution is 8.01. The highest BCUT2D eigenvalue weighted by Gasteiger charge is 2.07. The summed E-state index contributed by atoms with van der Waals surface area (Å²) >= 11 is 2.78. The van der Waals surface area contributed by atoms with Gasteiger partial charge < -0.3 is 10.6 Å². The van der Waals surface area contributed by atoms with Crippen molar-refractivity contribution in [3.05, 3.63) is 35.9 Å². The molecule has 1 amide bonds. The Hall–Kier alpha value is -2.11. The fraction of sp³-hybridized carbons (Fsp3) is 0.333. The molecule has 2 N–H and O–H groups in total. The Bertz CT molecular complexity index is 653. The van der Waals surface area contributed by atoms with Crippen LogP contribution in [0.2, 0.25) is 0 Å². The van der Waals surface area contributed by atoms with Crippen LogP contribution in [0.15, 0.2) is 34.7 Å². The van der Waals surface area contributed by atoms with E-state index in [1.807, 2.05) is 24.3 Å². The molecule has 0 fully saturated rings. The summed E-state index contributed by atoms with van der Waals surface area (Å²) in [6.07, 6.45) is 1.24. The minimum atomic E-state index is -0.0981. The van der Waals surface area contributed by atoms with Crippen molar-refractivity contribution in [1.82, 2.24) is 15.5 Å². The quantitative estimate of drug-likeness (QED) is 0.534. The molecule has 0 radical (unpaired) electrons. The summed E-state index contributed by atoms with van der Waals surface area (Å²) in [7, 11) is 0. The smallest absolute Gasteiger partial charge is 0.230 e. The van der Waals surface area contributed by atoms with Crippen LogP contribution >= 0.6 is 23.1 Å². The first-order valence-electron chi connectivity index (χ1n) is 7.15. The minimum absolute atomic E-state index is 0.0981. The van der Waals surface area contributed by atoms with Crippen molar-refractivity contribution in [2.24, 2.45) is 0 Å². The fourth-order valence-corrected chi connectivity index (χ4v) is 3.34. The van der Waals surface area contributed by atoms with Crippen molar-refractivity contribution in [1.29, 1.82) is 5.26 Å². The van der Waals surface area contributed by atoms with Crippen molar-refractivity contribution in [2.45, 2.75) is 17.2 Å². The summed E-state index contributed by atoms with van der Waals surface area (Å²) in [5.41, 5.74) is 1.27. The Labute approximate surface area is 143 Å². The monoisotopic (exact) mass is 347 g/mol. The number of hydrogen-bond donors (Lipinski definition) is 2. The molecular formula is C15H17N5OS2. The maximum absolute atomic E-state index is 11.5. The Balaban J connectivity index is 1.67. The maximum Gasteiger partial charge on any atom is 0.230 e. The number of benzene rings is 1. The predicted molar refractivity (Wildman–Crippen MR) is 92.5 cm³/mol. The lowest BCUT2D eigenvalue weighted by atomic mass is 10.2. The van der Waals surface area contributed by atoms with E-state index in [0.29, 0.717) is 13.0 Å². The van der Waals surface area contributed by atoms with Gasteiger partial charge in [0.2, 0.25) is 11.0 Å². The normalized spacial score (nSPS) is 10.0. The van der Waals surface area contributed by atoms with E-state index >= 15 is 0 Å². The van der Waals surface area contributed by atoms with Crippen LogP contribution in [0.3, 0.4) is 0 Å². The second-order valence-corrected chi connectivity index (χ2v) is 6.78. The van der Waals surface area contributed by atoms with Gasteiger partial charge in [0.05, 0.1) is 18.2 Å². The number of carbonyl (C=O) groups is 1. The number of hydrogen-bond acceptors (Lipinski definition) is 7. The predicted octanol–water partition coefficient (Wildman–Crippen LogP) is 2.31. The molecule has 1 aromatic heterocycles. The molecule has 0 bridgehead atoms. The average molecular weight is 347 g/mol. The first kappa shape index (κ1) is 17.2. The van der Waals surface area contributed by atoms with Crippen molar-refractivity contribution in [3.8, 4) is 6.07 Å². The number of anilines is 1. The van der Waals surface area contributed by atoms with E-state index in [0.717, 1.165) is 22.4 Å². The Kier molecular flexibility index (Phi) is 7.36. The molecule has 0 spiro atoms.